The molecule has 0 amide bonds. The normalized spacial score (nSPS) is 26.5. The van der Waals surface area contributed by atoms with Gasteiger partial charge in [0.25, 0.3) is 0 Å². The zero-order chi connectivity index (χ0) is 18.0. The van der Waals surface area contributed by atoms with Crippen LogP contribution >= 0.6 is 12.2 Å². The average Bonchev–Trinajstić information content (AvgIpc) is 2.45. The summed E-state index contributed by atoms with van der Waals surface area (Å²) < 4.78 is 6.46. The summed E-state index contributed by atoms with van der Waals surface area (Å²) in [7, 11) is 7.95. The van der Waals surface area contributed by atoms with Gasteiger partial charge in [-0.2, -0.15) is 0 Å². The van der Waals surface area contributed by atoms with Crippen molar-refractivity contribution in [2.75, 3.05) is 41.3 Å². The Hall–Kier alpha value is -1.11. The number of allylic oxidation sites excluding steroid dienone is 1. The van der Waals surface area contributed by atoms with Gasteiger partial charge in [-0.15, -0.1) is 0 Å². The van der Waals surface area contributed by atoms with Crippen LogP contribution in [-0.4, -0.2) is 67.7 Å². The summed E-state index contributed by atoms with van der Waals surface area (Å²) in [6.07, 6.45) is 9.69. The van der Waals surface area contributed by atoms with Crippen LogP contribution in [0.2, 0.25) is 0 Å². The van der Waals surface area contributed by atoms with Crippen LogP contribution in [0.3, 0.4) is 0 Å². The van der Waals surface area contributed by atoms with Crippen LogP contribution in [-0.2, 0) is 9.53 Å². The van der Waals surface area contributed by atoms with Crippen molar-refractivity contribution in [3.8, 4) is 0 Å². The quantitative estimate of drug-likeness (QED) is 0.366. The molecule has 2 N–H and O–H groups in total. The van der Waals surface area contributed by atoms with Crippen molar-refractivity contribution >= 4 is 23.2 Å². The number of hydrogen-bond donors (Lipinski definition) is 1. The predicted octanol–water partition coefficient (Wildman–Crippen LogP) is -1.16. The Labute approximate surface area is 162 Å². The lowest BCUT2D eigenvalue weighted by Gasteiger charge is -2.44. The Bertz CT molecular complexity index is 571. The second-order valence-corrected chi connectivity index (χ2v) is 8.37. The molecule has 0 saturated heterocycles. The van der Waals surface area contributed by atoms with Crippen LogP contribution in [0.5, 0.6) is 0 Å². The fourth-order valence-corrected chi connectivity index (χ4v) is 3.93. The highest BCUT2D eigenvalue weighted by molar-refractivity contribution is 7.80. The molecule has 1 aliphatic carbocycles. The number of nitrogens with two attached hydrogens (primary N) is 1. The highest BCUT2D eigenvalue weighted by atomic mass is 35.5. The summed E-state index contributed by atoms with van der Waals surface area (Å²) in [5.74, 6) is -0.191. The number of thiocarbonyl (C=S) groups is 1. The lowest BCUT2D eigenvalue weighted by atomic mass is 9.66. The van der Waals surface area contributed by atoms with Crippen molar-refractivity contribution in [1.82, 2.24) is 4.90 Å². The number of hydrogen-bond acceptors (Lipinski definition) is 4. The first-order chi connectivity index (χ1) is 11.1. The second kappa shape index (κ2) is 8.52. The van der Waals surface area contributed by atoms with Crippen LogP contribution in [0.4, 0.5) is 0 Å². The van der Waals surface area contributed by atoms with Gasteiger partial charge in [-0.05, 0) is 24.8 Å². The minimum absolute atomic E-state index is 0. The minimum Gasteiger partial charge on any atom is -1.00 e. The standard InChI is InChI=1S/C18H29N3O2S.ClH/c1-20-11-7-8-14(12-20)18(17(19)24)10-6-5-9-15(18)23-16(22)13-21(2,3)4;/h7-8,12,15H,5-6,9-11,13H2,1-4H3,(H-,19,24);1H/t15-,18-;/m1./s1. The molecule has 0 spiro atoms. The van der Waals surface area contributed by atoms with E-state index in [4.69, 9.17) is 22.7 Å². The zero-order valence-corrected chi connectivity index (χ0v) is 17.2. The maximum absolute atomic E-state index is 12.4. The molecular formula is C18H30ClN3O2S. The lowest BCUT2D eigenvalue weighted by Crippen LogP contribution is -3.00. The van der Waals surface area contributed by atoms with E-state index in [0.717, 1.165) is 37.8 Å². The van der Waals surface area contributed by atoms with Gasteiger partial charge in [-0.1, -0.05) is 30.8 Å². The van der Waals surface area contributed by atoms with E-state index in [9.17, 15) is 4.79 Å². The van der Waals surface area contributed by atoms with Gasteiger partial charge in [0.2, 0.25) is 0 Å². The molecule has 0 radical (unpaired) electrons. The van der Waals surface area contributed by atoms with Crippen molar-refractivity contribution in [2.24, 2.45) is 11.1 Å². The van der Waals surface area contributed by atoms with Gasteiger partial charge in [-0.3, -0.25) is 0 Å². The second-order valence-electron chi connectivity index (χ2n) is 7.93. The van der Waals surface area contributed by atoms with E-state index in [1.165, 1.54) is 0 Å². The van der Waals surface area contributed by atoms with E-state index >= 15 is 0 Å². The molecule has 2 rings (SSSR count). The molecule has 0 aromatic rings. The molecule has 0 aromatic carbocycles. The molecule has 5 nitrogen and oxygen atoms in total. The Kier molecular flexibility index (Phi) is 7.47. The number of rotatable bonds is 5. The van der Waals surface area contributed by atoms with E-state index in [0.29, 0.717) is 16.0 Å². The largest absolute Gasteiger partial charge is 1.00 e. The number of nitrogens with zero attached hydrogens (tertiary/aromatic N) is 2. The summed E-state index contributed by atoms with van der Waals surface area (Å²) in [4.78, 5) is 14.9. The molecule has 0 aromatic heterocycles. The van der Waals surface area contributed by atoms with E-state index in [1.54, 1.807) is 0 Å². The first-order valence-corrected chi connectivity index (χ1v) is 8.95. The summed E-state index contributed by atoms with van der Waals surface area (Å²) in [5.41, 5.74) is 6.72. The molecule has 1 aliphatic heterocycles. The number of ether oxygens (including phenoxy) is 1. The summed E-state index contributed by atoms with van der Waals surface area (Å²) in [6.45, 7) is 1.20. The van der Waals surface area contributed by atoms with E-state index < -0.39 is 5.41 Å². The maximum atomic E-state index is 12.4. The molecule has 2 atom stereocenters. The van der Waals surface area contributed by atoms with E-state index in [2.05, 4.69) is 23.3 Å². The van der Waals surface area contributed by atoms with Crippen LogP contribution < -0.4 is 18.1 Å². The third kappa shape index (κ3) is 5.19. The first-order valence-electron chi connectivity index (χ1n) is 8.54. The van der Waals surface area contributed by atoms with Gasteiger partial charge in [0.15, 0.2) is 6.54 Å². The average molecular weight is 388 g/mol. The number of carbonyl (C=O) groups excluding carboxylic acids is 1. The van der Waals surface area contributed by atoms with Crippen LogP contribution in [0.1, 0.15) is 25.7 Å². The van der Waals surface area contributed by atoms with Crippen molar-refractivity contribution in [3.05, 3.63) is 23.9 Å². The number of carbonyl (C=O) groups is 1. The van der Waals surface area contributed by atoms with E-state index in [1.807, 2.05) is 28.2 Å². The topological polar surface area (TPSA) is 55.6 Å². The highest BCUT2D eigenvalue weighted by Crippen LogP contribution is 2.46. The monoisotopic (exact) mass is 387 g/mol. The van der Waals surface area contributed by atoms with Gasteiger partial charge in [-0.25, -0.2) is 4.79 Å². The third-order valence-corrected chi connectivity index (χ3v) is 5.08. The maximum Gasteiger partial charge on any atom is 0.362 e. The Balaban J connectivity index is 0.00000312. The zero-order valence-electron chi connectivity index (χ0n) is 15.6. The third-order valence-electron chi connectivity index (χ3n) is 4.72. The van der Waals surface area contributed by atoms with Crippen LogP contribution in [0.25, 0.3) is 0 Å². The van der Waals surface area contributed by atoms with Gasteiger partial charge in [0.05, 0.1) is 31.5 Å². The number of halogens is 1. The summed E-state index contributed by atoms with van der Waals surface area (Å²) in [6, 6.07) is 0. The number of esters is 1. The summed E-state index contributed by atoms with van der Waals surface area (Å²) in [5, 5.41) is 0. The van der Waals surface area contributed by atoms with Crippen molar-refractivity contribution < 1.29 is 26.4 Å². The molecule has 1 saturated carbocycles. The van der Waals surface area contributed by atoms with E-state index in [-0.39, 0.29) is 24.5 Å². The van der Waals surface area contributed by atoms with Gasteiger partial charge < -0.3 is 32.3 Å². The van der Waals surface area contributed by atoms with Crippen molar-refractivity contribution in [2.45, 2.75) is 31.8 Å². The fraction of sp³-hybridized carbons (Fsp3) is 0.667. The number of likely N-dealkylation sites (N-methyl/N-ethyl adjacent to an activating group) is 2. The SMILES string of the molecule is CN1C=C([C@]2(C(N)=S)CCCC[C@H]2OC(=O)C[N+](C)(C)C)C=CC1.[Cl-]. The Morgan fingerprint density at radius 3 is 2.68 bits per heavy atom. The van der Waals surface area contributed by atoms with Crippen molar-refractivity contribution in [1.29, 1.82) is 0 Å². The van der Waals surface area contributed by atoms with Crippen LogP contribution in [0.15, 0.2) is 23.9 Å². The van der Waals surface area contributed by atoms with Crippen LogP contribution in [0, 0.1) is 5.41 Å². The molecule has 25 heavy (non-hydrogen) atoms. The molecule has 7 heteroatoms. The molecule has 0 unspecified atom stereocenters. The minimum atomic E-state index is -0.556. The Morgan fingerprint density at radius 2 is 2.12 bits per heavy atom. The smallest absolute Gasteiger partial charge is 0.362 e. The molecule has 1 fully saturated rings. The molecule has 0 bridgehead atoms. The number of quaternary nitrogens is 1. The fourth-order valence-electron chi connectivity index (χ4n) is 3.58. The molecule has 142 valence electrons. The Morgan fingerprint density at radius 1 is 1.44 bits per heavy atom. The van der Waals surface area contributed by atoms with Gasteiger partial charge in [0, 0.05) is 19.8 Å². The first kappa shape index (κ1) is 21.9. The van der Waals surface area contributed by atoms with Crippen molar-refractivity contribution in [3.63, 3.8) is 0 Å². The molecule has 1 heterocycles. The predicted molar refractivity (Wildman–Crippen MR) is 100 cm³/mol. The highest BCUT2D eigenvalue weighted by Gasteiger charge is 2.48. The molecule has 2 aliphatic rings. The van der Waals surface area contributed by atoms with Gasteiger partial charge in [0.1, 0.15) is 6.10 Å². The lowest BCUT2D eigenvalue weighted by molar-refractivity contribution is -0.862. The summed E-state index contributed by atoms with van der Waals surface area (Å²) >= 11 is 5.48. The van der Waals surface area contributed by atoms with Gasteiger partial charge >= 0.3 is 5.97 Å². The molecular weight excluding hydrogens is 358 g/mol.